The van der Waals surface area contributed by atoms with Crippen molar-refractivity contribution in [3.63, 3.8) is 0 Å². The van der Waals surface area contributed by atoms with Gasteiger partial charge < -0.3 is 10.1 Å². The second-order valence-corrected chi connectivity index (χ2v) is 4.95. The van der Waals surface area contributed by atoms with Crippen LogP contribution < -0.4 is 5.32 Å². The molecule has 1 heterocycles. The van der Waals surface area contributed by atoms with Gasteiger partial charge >= 0.3 is 0 Å². The van der Waals surface area contributed by atoms with Crippen LogP contribution in [-0.4, -0.2) is 36.7 Å². The van der Waals surface area contributed by atoms with Gasteiger partial charge in [-0.3, -0.25) is 9.69 Å². The summed E-state index contributed by atoms with van der Waals surface area (Å²) in [6.07, 6.45) is 2.58. The minimum Gasteiger partial charge on any atom is -0.322 e. The molecule has 0 radical (unpaired) electrons. The Balaban J connectivity index is 1.92. The quantitative estimate of drug-likeness (QED) is 0.857. The number of benzene rings is 1. The van der Waals surface area contributed by atoms with Gasteiger partial charge in [-0.15, -0.1) is 0 Å². The van der Waals surface area contributed by atoms with E-state index in [1.54, 1.807) is 0 Å². The van der Waals surface area contributed by atoms with E-state index in [-0.39, 0.29) is 18.2 Å². The van der Waals surface area contributed by atoms with Crippen molar-refractivity contribution in [2.24, 2.45) is 5.92 Å². The smallest absolute Gasteiger partial charge is 0.238 e. The number of hydrogen-bond donors (Lipinski definition) is 1. The molecular formula is C14H16F2N2O2. The van der Waals surface area contributed by atoms with Crippen LogP contribution in [0.3, 0.4) is 0 Å². The average Bonchev–Trinajstić information content (AvgIpc) is 2.43. The number of halogens is 2. The Hall–Kier alpha value is -1.82. The Morgan fingerprint density at radius 2 is 2.25 bits per heavy atom. The highest BCUT2D eigenvalue weighted by Crippen LogP contribution is 2.17. The molecule has 6 heteroatoms. The van der Waals surface area contributed by atoms with Crippen molar-refractivity contribution >= 4 is 17.9 Å². The van der Waals surface area contributed by atoms with Crippen LogP contribution in [0.2, 0.25) is 0 Å². The van der Waals surface area contributed by atoms with Gasteiger partial charge in [-0.1, -0.05) is 0 Å². The molecule has 1 aromatic carbocycles. The summed E-state index contributed by atoms with van der Waals surface area (Å²) < 4.78 is 26.4. The number of piperidine rings is 1. The third-order valence-electron chi connectivity index (χ3n) is 3.30. The van der Waals surface area contributed by atoms with E-state index >= 15 is 0 Å². The van der Waals surface area contributed by atoms with E-state index < -0.39 is 17.5 Å². The fraction of sp³-hybridized carbons (Fsp3) is 0.429. The minimum atomic E-state index is -0.677. The number of aldehydes is 1. The van der Waals surface area contributed by atoms with Crippen LogP contribution in [0.4, 0.5) is 14.5 Å². The van der Waals surface area contributed by atoms with Crippen molar-refractivity contribution in [3.8, 4) is 0 Å². The number of likely N-dealkylation sites (tertiary alicyclic amines) is 1. The molecule has 1 saturated heterocycles. The maximum atomic E-state index is 13.4. The van der Waals surface area contributed by atoms with Crippen LogP contribution in [0.5, 0.6) is 0 Å². The molecule has 0 aromatic heterocycles. The van der Waals surface area contributed by atoms with E-state index in [9.17, 15) is 18.4 Å². The monoisotopic (exact) mass is 282 g/mol. The van der Waals surface area contributed by atoms with Crippen LogP contribution in [0.25, 0.3) is 0 Å². The topological polar surface area (TPSA) is 49.4 Å². The fourth-order valence-corrected chi connectivity index (χ4v) is 2.33. The minimum absolute atomic E-state index is 0.0533. The van der Waals surface area contributed by atoms with Gasteiger partial charge in [-0.2, -0.15) is 0 Å². The lowest BCUT2D eigenvalue weighted by atomic mass is 10.00. The predicted octanol–water partition coefficient (Wildman–Crippen LogP) is 1.81. The highest BCUT2D eigenvalue weighted by atomic mass is 19.1. The highest BCUT2D eigenvalue weighted by Gasteiger charge is 2.21. The first-order chi connectivity index (χ1) is 9.58. The first-order valence-corrected chi connectivity index (χ1v) is 6.51. The Bertz CT molecular complexity index is 508. The average molecular weight is 282 g/mol. The lowest BCUT2D eigenvalue weighted by molar-refractivity contribution is -0.119. The van der Waals surface area contributed by atoms with Crippen LogP contribution in [0, 0.1) is 17.6 Å². The number of carbonyl (C=O) groups excluding carboxylic acids is 2. The van der Waals surface area contributed by atoms with Crippen LogP contribution in [-0.2, 0) is 9.59 Å². The Labute approximate surface area is 115 Å². The lowest BCUT2D eigenvalue weighted by Crippen LogP contribution is -2.40. The number of nitrogens with zero attached hydrogens (tertiary/aromatic N) is 1. The van der Waals surface area contributed by atoms with Crippen LogP contribution in [0.1, 0.15) is 12.8 Å². The normalized spacial score (nSPS) is 19.6. The molecule has 0 spiro atoms. The predicted molar refractivity (Wildman–Crippen MR) is 70.2 cm³/mol. The van der Waals surface area contributed by atoms with E-state index in [1.807, 2.05) is 4.90 Å². The van der Waals surface area contributed by atoms with Crippen molar-refractivity contribution in [1.82, 2.24) is 4.90 Å². The zero-order valence-electron chi connectivity index (χ0n) is 10.9. The maximum Gasteiger partial charge on any atom is 0.238 e. The number of rotatable bonds is 4. The third kappa shape index (κ3) is 3.84. The highest BCUT2D eigenvalue weighted by molar-refractivity contribution is 5.92. The number of carbonyl (C=O) groups is 2. The molecule has 108 valence electrons. The molecule has 1 N–H and O–H groups in total. The summed E-state index contributed by atoms with van der Waals surface area (Å²) in [7, 11) is 0. The summed E-state index contributed by atoms with van der Waals surface area (Å²) in [5, 5.41) is 2.35. The van der Waals surface area contributed by atoms with Gasteiger partial charge in [-0.25, -0.2) is 8.78 Å². The first-order valence-electron chi connectivity index (χ1n) is 6.51. The molecule has 0 saturated carbocycles. The van der Waals surface area contributed by atoms with Gasteiger partial charge in [-0.05, 0) is 31.5 Å². The Morgan fingerprint density at radius 3 is 3.00 bits per heavy atom. The molecule has 1 atom stereocenters. The fourth-order valence-electron chi connectivity index (χ4n) is 2.33. The number of hydrogen-bond acceptors (Lipinski definition) is 3. The number of nitrogens with one attached hydrogen (secondary N) is 1. The molecule has 0 bridgehead atoms. The molecule has 1 aliphatic heterocycles. The van der Waals surface area contributed by atoms with Gasteiger partial charge in [0.2, 0.25) is 5.91 Å². The standard InChI is InChI=1S/C14H16F2N2O2/c15-11-3-4-12(16)13(6-11)17-14(20)8-18-5-1-2-10(7-18)9-19/h3-4,6,9-10H,1-2,5,7-8H2,(H,17,20). The summed E-state index contributed by atoms with van der Waals surface area (Å²) in [6, 6.07) is 2.90. The van der Waals surface area contributed by atoms with Gasteiger partial charge in [0.05, 0.1) is 12.2 Å². The molecule has 1 fully saturated rings. The van der Waals surface area contributed by atoms with Gasteiger partial charge in [0, 0.05) is 18.5 Å². The molecule has 20 heavy (non-hydrogen) atoms. The Morgan fingerprint density at radius 1 is 1.45 bits per heavy atom. The summed E-state index contributed by atoms with van der Waals surface area (Å²) in [6.45, 7) is 1.33. The zero-order valence-corrected chi connectivity index (χ0v) is 10.9. The van der Waals surface area contributed by atoms with Crippen LogP contribution >= 0.6 is 0 Å². The van der Waals surface area contributed by atoms with E-state index in [4.69, 9.17) is 0 Å². The molecule has 1 unspecified atom stereocenters. The van der Waals surface area contributed by atoms with E-state index in [1.165, 1.54) is 0 Å². The molecule has 4 nitrogen and oxygen atoms in total. The molecule has 1 amide bonds. The summed E-state index contributed by atoms with van der Waals surface area (Å²) in [5.41, 5.74) is -0.168. The molecule has 1 aromatic rings. The van der Waals surface area contributed by atoms with Crippen molar-refractivity contribution < 1.29 is 18.4 Å². The second-order valence-electron chi connectivity index (χ2n) is 4.95. The van der Waals surface area contributed by atoms with Crippen molar-refractivity contribution in [1.29, 1.82) is 0 Å². The molecule has 2 rings (SSSR count). The third-order valence-corrected chi connectivity index (χ3v) is 3.30. The zero-order chi connectivity index (χ0) is 14.5. The van der Waals surface area contributed by atoms with E-state index in [0.29, 0.717) is 6.54 Å². The second kappa shape index (κ2) is 6.56. The molecular weight excluding hydrogens is 266 g/mol. The molecule has 1 aliphatic rings. The largest absolute Gasteiger partial charge is 0.322 e. The maximum absolute atomic E-state index is 13.4. The van der Waals surface area contributed by atoms with Crippen molar-refractivity contribution in [3.05, 3.63) is 29.8 Å². The SMILES string of the molecule is O=CC1CCCN(CC(=O)Nc2cc(F)ccc2F)C1. The van der Waals surface area contributed by atoms with E-state index in [2.05, 4.69) is 5.32 Å². The van der Waals surface area contributed by atoms with Crippen LogP contribution in [0.15, 0.2) is 18.2 Å². The van der Waals surface area contributed by atoms with E-state index in [0.717, 1.165) is 43.9 Å². The van der Waals surface area contributed by atoms with Gasteiger partial charge in [0.25, 0.3) is 0 Å². The summed E-state index contributed by atoms with van der Waals surface area (Å²) >= 11 is 0. The lowest BCUT2D eigenvalue weighted by Gasteiger charge is -2.29. The first kappa shape index (κ1) is 14.6. The van der Waals surface area contributed by atoms with Crippen molar-refractivity contribution in [2.75, 3.05) is 25.0 Å². The molecule has 0 aliphatic carbocycles. The van der Waals surface area contributed by atoms with Gasteiger partial charge in [0.1, 0.15) is 17.9 Å². The number of anilines is 1. The summed E-state index contributed by atoms with van der Waals surface area (Å²) in [5.74, 6) is -1.76. The summed E-state index contributed by atoms with van der Waals surface area (Å²) in [4.78, 5) is 24.4. The van der Waals surface area contributed by atoms with Crippen molar-refractivity contribution in [2.45, 2.75) is 12.8 Å². The number of amides is 1. The Kier molecular flexibility index (Phi) is 4.79. The van der Waals surface area contributed by atoms with Gasteiger partial charge in [0.15, 0.2) is 0 Å².